The van der Waals surface area contributed by atoms with Gasteiger partial charge in [0.15, 0.2) is 0 Å². The molecule has 0 saturated carbocycles. The molecule has 0 amide bonds. The number of non-ortho nitro benzene ring substituents is 1. The van der Waals surface area contributed by atoms with Crippen molar-refractivity contribution >= 4 is 11.3 Å². The quantitative estimate of drug-likeness (QED) is 0.450. The van der Waals surface area contributed by atoms with Gasteiger partial charge in [0.1, 0.15) is 0 Å². The van der Waals surface area contributed by atoms with Gasteiger partial charge in [-0.2, -0.15) is 0 Å². The highest BCUT2D eigenvalue weighted by Crippen LogP contribution is 2.18. The molecule has 0 N–H and O–H groups in total. The van der Waals surface area contributed by atoms with E-state index in [4.69, 9.17) is 0 Å². The van der Waals surface area contributed by atoms with Gasteiger partial charge >= 0.3 is 0 Å². The summed E-state index contributed by atoms with van der Waals surface area (Å²) in [5, 5.41) is 10.6. The zero-order valence-corrected chi connectivity index (χ0v) is 14.3. The molecule has 1 rings (SSSR count). The highest BCUT2D eigenvalue weighted by molar-refractivity contribution is 5.65. The highest BCUT2D eigenvalue weighted by atomic mass is 16.6. The number of hydrogen-bond donors (Lipinski definition) is 0. The lowest BCUT2D eigenvalue weighted by Gasteiger charge is -2.16. The summed E-state index contributed by atoms with van der Waals surface area (Å²) in [6.07, 6.45) is 3.89. The number of nitrogens with zero attached hydrogens (tertiary/aromatic N) is 2. The van der Waals surface area contributed by atoms with E-state index in [1.54, 1.807) is 12.1 Å². The van der Waals surface area contributed by atoms with E-state index in [1.807, 2.05) is 19.2 Å². The summed E-state index contributed by atoms with van der Waals surface area (Å²) in [6.45, 7) is 11.7. The van der Waals surface area contributed by atoms with Gasteiger partial charge in [-0.25, -0.2) is 0 Å². The fourth-order valence-corrected chi connectivity index (χ4v) is 1.85. The maximum absolute atomic E-state index is 10.6. The van der Waals surface area contributed by atoms with Gasteiger partial charge in [-0.1, -0.05) is 24.5 Å². The van der Waals surface area contributed by atoms with Crippen LogP contribution < -0.4 is 0 Å². The number of likely N-dealkylation sites (N-methyl/N-ethyl adjacent to an activating group) is 1. The van der Waals surface area contributed by atoms with Crippen molar-refractivity contribution < 1.29 is 4.92 Å². The Labute approximate surface area is 138 Å². The normalized spacial score (nSPS) is 11.3. The van der Waals surface area contributed by atoms with Crippen LogP contribution in [0.1, 0.15) is 26.3 Å². The highest BCUT2D eigenvalue weighted by Gasteiger charge is 2.07. The van der Waals surface area contributed by atoms with Crippen molar-refractivity contribution in [2.75, 3.05) is 20.1 Å². The molecule has 0 aromatic heterocycles. The second-order valence-electron chi connectivity index (χ2n) is 6.53. The van der Waals surface area contributed by atoms with E-state index in [0.717, 1.165) is 17.7 Å². The third-order valence-electron chi connectivity index (χ3n) is 3.01. The first kappa shape index (κ1) is 18.7. The maximum Gasteiger partial charge on any atom is 0.269 e. The predicted octanol–water partition coefficient (Wildman–Crippen LogP) is 4.15. The van der Waals surface area contributed by atoms with E-state index in [2.05, 4.69) is 44.1 Å². The molecule has 1 aromatic carbocycles. The Bertz CT molecular complexity index is 641. The van der Waals surface area contributed by atoms with Crippen molar-refractivity contribution in [3.05, 3.63) is 58.7 Å². The molecular weight excluding hydrogens is 288 g/mol. The molecule has 1 aromatic rings. The summed E-state index contributed by atoms with van der Waals surface area (Å²) in [5.74, 6) is 6.19. The lowest BCUT2D eigenvalue weighted by Crippen LogP contribution is -2.20. The molecule has 0 bridgehead atoms. The summed E-state index contributed by atoms with van der Waals surface area (Å²) >= 11 is 0. The molecule has 0 heterocycles. The zero-order chi connectivity index (χ0) is 17.5. The van der Waals surface area contributed by atoms with Crippen molar-refractivity contribution in [1.82, 2.24) is 4.90 Å². The summed E-state index contributed by atoms with van der Waals surface area (Å²) in [6, 6.07) is 6.48. The van der Waals surface area contributed by atoms with E-state index < -0.39 is 4.92 Å². The SMILES string of the molecule is C=C(CN(C)CC=CC#CC(C)(C)C)c1ccc([N+](=O)[O-])cc1. The Balaban J connectivity index is 2.51. The number of nitro groups is 1. The molecule has 4 nitrogen and oxygen atoms in total. The lowest BCUT2D eigenvalue weighted by molar-refractivity contribution is -0.384. The summed E-state index contributed by atoms with van der Waals surface area (Å²) < 4.78 is 0. The molecule has 122 valence electrons. The molecule has 23 heavy (non-hydrogen) atoms. The standard InChI is InChI=1S/C19H24N2O2/c1-16(17-9-11-18(12-10-17)21(22)23)15-20(5)14-8-6-7-13-19(2,3)4/h6,8-12H,1,14-15H2,2-5H3. The fourth-order valence-electron chi connectivity index (χ4n) is 1.85. The van der Waals surface area contributed by atoms with E-state index >= 15 is 0 Å². The molecule has 0 aliphatic carbocycles. The van der Waals surface area contributed by atoms with Crippen LogP contribution in [-0.4, -0.2) is 30.0 Å². The van der Waals surface area contributed by atoms with E-state index in [1.165, 1.54) is 12.1 Å². The Morgan fingerprint density at radius 1 is 1.35 bits per heavy atom. The van der Waals surface area contributed by atoms with Crippen LogP contribution in [0.25, 0.3) is 5.57 Å². The Morgan fingerprint density at radius 2 is 1.96 bits per heavy atom. The third-order valence-corrected chi connectivity index (χ3v) is 3.01. The molecule has 0 aliphatic heterocycles. The van der Waals surface area contributed by atoms with Gasteiger partial charge in [0.2, 0.25) is 0 Å². The van der Waals surface area contributed by atoms with Crippen molar-refractivity contribution in [3.8, 4) is 11.8 Å². The van der Waals surface area contributed by atoms with Gasteiger partial charge in [0.05, 0.1) is 4.92 Å². The Kier molecular flexibility index (Phi) is 6.74. The van der Waals surface area contributed by atoms with Crippen molar-refractivity contribution in [2.24, 2.45) is 5.41 Å². The van der Waals surface area contributed by atoms with Crippen LogP contribution in [0.2, 0.25) is 0 Å². The fraction of sp³-hybridized carbons (Fsp3) is 0.368. The molecule has 0 spiro atoms. The molecule has 0 saturated heterocycles. The van der Waals surface area contributed by atoms with Gasteiger partial charge < -0.3 is 0 Å². The molecular formula is C19H24N2O2. The molecule has 0 atom stereocenters. The second kappa shape index (κ2) is 8.30. The third kappa shape index (κ3) is 7.44. The van der Waals surface area contributed by atoms with E-state index in [0.29, 0.717) is 6.54 Å². The largest absolute Gasteiger partial charge is 0.298 e. The smallest absolute Gasteiger partial charge is 0.269 e. The molecule has 0 unspecified atom stereocenters. The predicted molar refractivity (Wildman–Crippen MR) is 96.0 cm³/mol. The van der Waals surface area contributed by atoms with Crippen molar-refractivity contribution in [2.45, 2.75) is 20.8 Å². The van der Waals surface area contributed by atoms with Crippen LogP contribution >= 0.6 is 0 Å². The van der Waals surface area contributed by atoms with Crippen molar-refractivity contribution in [1.29, 1.82) is 0 Å². The van der Waals surface area contributed by atoms with Crippen LogP contribution in [0.5, 0.6) is 0 Å². The van der Waals surface area contributed by atoms with Gasteiger partial charge in [0.25, 0.3) is 5.69 Å². The minimum atomic E-state index is -0.401. The first-order valence-corrected chi connectivity index (χ1v) is 7.48. The summed E-state index contributed by atoms with van der Waals surface area (Å²) in [4.78, 5) is 12.4. The van der Waals surface area contributed by atoms with Gasteiger partial charge in [-0.05, 0) is 57.2 Å². The minimum Gasteiger partial charge on any atom is -0.298 e. The number of nitro benzene ring substituents is 1. The lowest BCUT2D eigenvalue weighted by atomic mass is 9.98. The molecule has 0 fully saturated rings. The minimum absolute atomic E-state index is 0.0143. The molecule has 0 aliphatic rings. The summed E-state index contributed by atoms with van der Waals surface area (Å²) in [7, 11) is 2.00. The van der Waals surface area contributed by atoms with Gasteiger partial charge in [-0.15, -0.1) is 0 Å². The van der Waals surface area contributed by atoms with Crippen LogP contribution in [0.4, 0.5) is 5.69 Å². The summed E-state index contributed by atoms with van der Waals surface area (Å²) in [5.41, 5.74) is 1.95. The number of allylic oxidation sites excluding steroid dienone is 1. The monoisotopic (exact) mass is 312 g/mol. The first-order valence-electron chi connectivity index (χ1n) is 7.48. The van der Waals surface area contributed by atoms with Gasteiger partial charge in [-0.3, -0.25) is 15.0 Å². The zero-order valence-electron chi connectivity index (χ0n) is 14.3. The van der Waals surface area contributed by atoms with Crippen LogP contribution in [0.3, 0.4) is 0 Å². The number of hydrogen-bond acceptors (Lipinski definition) is 3. The second-order valence-corrected chi connectivity index (χ2v) is 6.53. The molecule has 4 heteroatoms. The van der Waals surface area contributed by atoms with Gasteiger partial charge in [0, 0.05) is 30.6 Å². The van der Waals surface area contributed by atoms with Crippen LogP contribution in [0, 0.1) is 27.4 Å². The molecule has 0 radical (unpaired) electrons. The van der Waals surface area contributed by atoms with E-state index in [9.17, 15) is 10.1 Å². The van der Waals surface area contributed by atoms with Crippen LogP contribution in [-0.2, 0) is 0 Å². The average Bonchev–Trinajstić information content (AvgIpc) is 2.45. The first-order chi connectivity index (χ1) is 10.7. The number of benzene rings is 1. The topological polar surface area (TPSA) is 46.4 Å². The van der Waals surface area contributed by atoms with E-state index in [-0.39, 0.29) is 11.1 Å². The number of rotatable bonds is 6. The Morgan fingerprint density at radius 3 is 2.48 bits per heavy atom. The Hall–Kier alpha value is -2.38. The van der Waals surface area contributed by atoms with Crippen molar-refractivity contribution in [3.63, 3.8) is 0 Å². The maximum atomic E-state index is 10.6. The van der Waals surface area contributed by atoms with Crippen LogP contribution in [0.15, 0.2) is 43.0 Å². The average molecular weight is 312 g/mol.